The Morgan fingerprint density at radius 3 is 2.43 bits per heavy atom. The summed E-state index contributed by atoms with van der Waals surface area (Å²) in [6.07, 6.45) is 1.44. The predicted octanol–water partition coefficient (Wildman–Crippen LogP) is 3.98. The summed E-state index contributed by atoms with van der Waals surface area (Å²) in [6, 6.07) is 3.73. The Labute approximate surface area is 129 Å². The number of nitrogens with zero attached hydrogens (tertiary/aromatic N) is 2. The van der Waals surface area contributed by atoms with E-state index in [2.05, 4.69) is 15.3 Å². The minimum absolute atomic E-state index is 0.365. The van der Waals surface area contributed by atoms with Crippen molar-refractivity contribution in [3.63, 3.8) is 0 Å². The van der Waals surface area contributed by atoms with E-state index >= 15 is 0 Å². The molecule has 0 unspecified atom stereocenters. The first kappa shape index (κ1) is 15.4. The quantitative estimate of drug-likeness (QED) is 0.905. The second-order valence-electron chi connectivity index (χ2n) is 4.56. The Balaban J connectivity index is 2.37. The molecule has 2 rings (SSSR count). The van der Waals surface area contributed by atoms with E-state index in [4.69, 9.17) is 21.1 Å². The maximum Gasteiger partial charge on any atom is 0.268 e. The summed E-state index contributed by atoms with van der Waals surface area (Å²) in [4.78, 5) is 8.28. The molecular formula is C15H18ClN3O2. The molecule has 1 N–H and O–H groups in total. The second kappa shape index (κ2) is 6.63. The number of ether oxygens (including phenoxy) is 2. The molecule has 0 aliphatic rings. The maximum absolute atomic E-state index is 6.16. The summed E-state index contributed by atoms with van der Waals surface area (Å²) in [5, 5.41) is 3.85. The molecule has 112 valence electrons. The molecule has 0 fully saturated rings. The van der Waals surface area contributed by atoms with Gasteiger partial charge in [-0.15, -0.1) is 0 Å². The molecule has 2 aromatic rings. The average molecular weight is 308 g/mol. The molecule has 0 bridgehead atoms. The van der Waals surface area contributed by atoms with Gasteiger partial charge in [-0.1, -0.05) is 11.6 Å². The average Bonchev–Trinajstić information content (AvgIpc) is 2.45. The van der Waals surface area contributed by atoms with E-state index in [-0.39, 0.29) is 0 Å². The summed E-state index contributed by atoms with van der Waals surface area (Å²) in [6.45, 7) is 6.58. The van der Waals surface area contributed by atoms with Crippen LogP contribution in [0.25, 0.3) is 0 Å². The molecule has 1 aromatic carbocycles. The highest BCUT2D eigenvalue weighted by Gasteiger charge is 2.14. The lowest BCUT2D eigenvalue weighted by atomic mass is 10.1. The van der Waals surface area contributed by atoms with Crippen LogP contribution in [0.3, 0.4) is 0 Å². The monoisotopic (exact) mass is 307 g/mol. The molecule has 0 aliphatic heterocycles. The number of benzene rings is 1. The van der Waals surface area contributed by atoms with Crippen LogP contribution in [0.15, 0.2) is 18.5 Å². The van der Waals surface area contributed by atoms with Gasteiger partial charge in [-0.3, -0.25) is 0 Å². The van der Waals surface area contributed by atoms with E-state index in [1.807, 2.05) is 32.9 Å². The van der Waals surface area contributed by atoms with Crippen molar-refractivity contribution < 1.29 is 9.47 Å². The van der Waals surface area contributed by atoms with Crippen LogP contribution >= 0.6 is 11.6 Å². The fourth-order valence-corrected chi connectivity index (χ4v) is 2.09. The normalized spacial score (nSPS) is 10.3. The van der Waals surface area contributed by atoms with Crippen molar-refractivity contribution in [2.75, 3.05) is 19.0 Å². The van der Waals surface area contributed by atoms with Gasteiger partial charge in [0, 0.05) is 11.6 Å². The summed E-state index contributed by atoms with van der Waals surface area (Å²) in [5.41, 5.74) is 1.90. The molecule has 21 heavy (non-hydrogen) atoms. The summed E-state index contributed by atoms with van der Waals surface area (Å²) in [7, 11) is 1.56. The predicted molar refractivity (Wildman–Crippen MR) is 83.7 cm³/mol. The molecule has 1 aromatic heterocycles. The molecule has 5 nitrogen and oxygen atoms in total. The number of methoxy groups -OCH3 is 1. The van der Waals surface area contributed by atoms with Gasteiger partial charge >= 0.3 is 0 Å². The first-order chi connectivity index (χ1) is 10.1. The van der Waals surface area contributed by atoms with E-state index in [1.54, 1.807) is 7.11 Å². The molecule has 0 aliphatic carbocycles. The molecular weight excluding hydrogens is 290 g/mol. The molecule has 0 saturated heterocycles. The molecule has 0 amide bonds. The van der Waals surface area contributed by atoms with Crippen LogP contribution in [0, 0.1) is 13.8 Å². The zero-order valence-electron chi connectivity index (χ0n) is 12.5. The Morgan fingerprint density at radius 2 is 1.86 bits per heavy atom. The van der Waals surface area contributed by atoms with Gasteiger partial charge in [-0.2, -0.15) is 4.98 Å². The fraction of sp³-hybridized carbons (Fsp3) is 0.333. The molecule has 0 spiro atoms. The van der Waals surface area contributed by atoms with Crippen LogP contribution < -0.4 is 14.8 Å². The number of hydrogen-bond donors (Lipinski definition) is 1. The van der Waals surface area contributed by atoms with Crippen molar-refractivity contribution in [2.24, 2.45) is 0 Å². The Kier molecular flexibility index (Phi) is 4.85. The van der Waals surface area contributed by atoms with Gasteiger partial charge in [0.1, 0.15) is 12.1 Å². The lowest BCUT2D eigenvalue weighted by Crippen LogP contribution is -2.04. The molecule has 0 atom stereocenters. The first-order valence-electron chi connectivity index (χ1n) is 6.64. The number of rotatable bonds is 5. The van der Waals surface area contributed by atoms with Gasteiger partial charge in [-0.25, -0.2) is 4.98 Å². The number of aromatic nitrogens is 2. The van der Waals surface area contributed by atoms with Gasteiger partial charge in [0.05, 0.1) is 7.11 Å². The highest BCUT2D eigenvalue weighted by molar-refractivity contribution is 6.32. The molecule has 6 heteroatoms. The highest BCUT2D eigenvalue weighted by atomic mass is 35.5. The van der Waals surface area contributed by atoms with Crippen LogP contribution in [0.2, 0.25) is 5.02 Å². The number of hydrogen-bond acceptors (Lipinski definition) is 5. The van der Waals surface area contributed by atoms with Crippen LogP contribution in [0.5, 0.6) is 17.4 Å². The number of aryl methyl sites for hydroxylation is 2. The Hall–Kier alpha value is -2.01. The fourth-order valence-electron chi connectivity index (χ4n) is 1.98. The summed E-state index contributed by atoms with van der Waals surface area (Å²) in [5.74, 6) is 2.11. The Bertz CT molecular complexity index is 624. The van der Waals surface area contributed by atoms with E-state index < -0.39 is 0 Å². The zero-order valence-corrected chi connectivity index (χ0v) is 13.3. The molecule has 0 radical (unpaired) electrons. The van der Waals surface area contributed by atoms with E-state index in [1.165, 1.54) is 6.33 Å². The van der Waals surface area contributed by atoms with Crippen LogP contribution in [0.1, 0.15) is 18.1 Å². The van der Waals surface area contributed by atoms with Gasteiger partial charge in [-0.05, 0) is 44.0 Å². The van der Waals surface area contributed by atoms with Crippen molar-refractivity contribution in [1.82, 2.24) is 9.97 Å². The smallest absolute Gasteiger partial charge is 0.268 e. The second-order valence-corrected chi connectivity index (χ2v) is 4.94. The van der Waals surface area contributed by atoms with Crippen molar-refractivity contribution in [3.8, 4) is 17.4 Å². The highest BCUT2D eigenvalue weighted by Crippen LogP contribution is 2.35. The third-order valence-corrected chi connectivity index (χ3v) is 3.54. The van der Waals surface area contributed by atoms with Gasteiger partial charge in [0.15, 0.2) is 5.82 Å². The topological polar surface area (TPSA) is 56.3 Å². The van der Waals surface area contributed by atoms with Crippen LogP contribution in [-0.2, 0) is 0 Å². The third-order valence-electron chi connectivity index (χ3n) is 2.94. The zero-order chi connectivity index (χ0) is 15.4. The number of nitrogens with one attached hydrogen (secondary N) is 1. The van der Waals surface area contributed by atoms with E-state index in [0.717, 1.165) is 22.7 Å². The van der Waals surface area contributed by atoms with Crippen molar-refractivity contribution in [1.29, 1.82) is 0 Å². The lowest BCUT2D eigenvalue weighted by molar-refractivity contribution is 0.369. The van der Waals surface area contributed by atoms with Crippen LogP contribution in [-0.4, -0.2) is 23.6 Å². The minimum Gasteiger partial charge on any atom is -0.489 e. The standard InChI is InChI=1S/C15H18ClN3O2/c1-5-17-14-13(20-4)15(19-8-18-14)21-11-6-9(2)12(16)10(3)7-11/h6-8H,5H2,1-4H3,(H,17,18,19). The first-order valence-corrected chi connectivity index (χ1v) is 7.02. The largest absolute Gasteiger partial charge is 0.489 e. The minimum atomic E-state index is 0.365. The van der Waals surface area contributed by atoms with Gasteiger partial charge in [0.2, 0.25) is 5.75 Å². The maximum atomic E-state index is 6.16. The third kappa shape index (κ3) is 3.36. The summed E-state index contributed by atoms with van der Waals surface area (Å²) >= 11 is 6.16. The molecule has 0 saturated carbocycles. The number of halogens is 1. The Morgan fingerprint density at radius 1 is 1.19 bits per heavy atom. The van der Waals surface area contributed by atoms with Crippen molar-refractivity contribution in [2.45, 2.75) is 20.8 Å². The SMILES string of the molecule is CCNc1ncnc(Oc2cc(C)c(Cl)c(C)c2)c1OC. The molecule has 1 heterocycles. The number of anilines is 1. The van der Waals surface area contributed by atoms with Crippen molar-refractivity contribution in [3.05, 3.63) is 34.6 Å². The van der Waals surface area contributed by atoms with Crippen LogP contribution in [0.4, 0.5) is 5.82 Å². The lowest BCUT2D eigenvalue weighted by Gasteiger charge is -2.13. The van der Waals surface area contributed by atoms with E-state index in [9.17, 15) is 0 Å². The van der Waals surface area contributed by atoms with E-state index in [0.29, 0.717) is 23.2 Å². The summed E-state index contributed by atoms with van der Waals surface area (Å²) < 4.78 is 11.2. The van der Waals surface area contributed by atoms with Crippen molar-refractivity contribution >= 4 is 17.4 Å². The van der Waals surface area contributed by atoms with Gasteiger partial charge in [0.25, 0.3) is 5.88 Å². The van der Waals surface area contributed by atoms with Gasteiger partial charge < -0.3 is 14.8 Å².